The number of anilines is 2. The van der Waals surface area contributed by atoms with Gasteiger partial charge in [-0.3, -0.25) is 20.2 Å². The normalized spacial score (nSPS) is 9.67. The maximum Gasteiger partial charge on any atom is 2.00 e. The molecule has 0 aliphatic carbocycles. The summed E-state index contributed by atoms with van der Waals surface area (Å²) in [5.41, 5.74) is 12.1. The van der Waals surface area contributed by atoms with Gasteiger partial charge in [0.1, 0.15) is 11.5 Å². The van der Waals surface area contributed by atoms with Gasteiger partial charge in [0.05, 0.1) is 56.4 Å². The van der Waals surface area contributed by atoms with E-state index in [0.717, 1.165) is 44.1 Å². The van der Waals surface area contributed by atoms with Gasteiger partial charge in [-0.25, -0.2) is 9.97 Å². The first-order valence-electron chi connectivity index (χ1n) is 13.1. The molecule has 19 heteroatoms. The van der Waals surface area contributed by atoms with E-state index in [9.17, 15) is 40.0 Å². The number of nitrogen functional groups attached to an aromatic ring is 2. The summed E-state index contributed by atoms with van der Waals surface area (Å²) in [5, 5.41) is 42.0. The predicted octanol–water partition coefficient (Wildman–Crippen LogP) is 3.69. The van der Waals surface area contributed by atoms with Crippen molar-refractivity contribution in [1.29, 1.82) is 0 Å². The molecular formula is C30H24CuN6O10S2. The number of thiazole rings is 2. The molecule has 4 aromatic carbocycles. The third kappa shape index (κ3) is 11.7. The molecule has 0 amide bonds. The Balaban J connectivity index is 0.000000225. The summed E-state index contributed by atoms with van der Waals surface area (Å²) in [5.74, 6) is -1.16. The summed E-state index contributed by atoms with van der Waals surface area (Å²) in [7, 11) is 3.29. The second-order valence-corrected chi connectivity index (χ2v) is 11.1. The van der Waals surface area contributed by atoms with Gasteiger partial charge in [-0.15, -0.1) is 0 Å². The number of carboxylic acids is 2. The van der Waals surface area contributed by atoms with Crippen molar-refractivity contribution in [2.45, 2.75) is 0 Å². The maximum atomic E-state index is 10.2. The largest absolute Gasteiger partial charge is 2.00 e. The van der Waals surface area contributed by atoms with Gasteiger partial charge >= 0.3 is 17.1 Å². The van der Waals surface area contributed by atoms with Crippen LogP contribution in [0.1, 0.15) is 20.7 Å². The van der Waals surface area contributed by atoms with E-state index < -0.39 is 21.8 Å². The number of carboxylic acid groups (broad SMARTS) is 2. The van der Waals surface area contributed by atoms with E-state index in [1.54, 1.807) is 14.2 Å². The van der Waals surface area contributed by atoms with E-state index in [4.69, 9.17) is 20.9 Å². The van der Waals surface area contributed by atoms with Crippen LogP contribution in [0.4, 0.5) is 21.6 Å². The van der Waals surface area contributed by atoms with Gasteiger partial charge < -0.3 is 40.7 Å². The van der Waals surface area contributed by atoms with Crippen LogP contribution in [0.3, 0.4) is 0 Å². The minimum Gasteiger partial charge on any atom is -0.545 e. The number of non-ortho nitro benzene ring substituents is 2. The molecule has 1 radical (unpaired) electrons. The van der Waals surface area contributed by atoms with Crippen LogP contribution in [-0.2, 0) is 17.1 Å². The quantitative estimate of drug-likeness (QED) is 0.140. The molecule has 2 heterocycles. The van der Waals surface area contributed by atoms with Crippen LogP contribution in [0.15, 0.2) is 84.9 Å². The number of nitrogens with two attached hydrogens (primary N) is 2. The fourth-order valence-electron chi connectivity index (χ4n) is 3.59. The van der Waals surface area contributed by atoms with Crippen LogP contribution in [-0.4, -0.2) is 46.0 Å². The molecule has 4 N–H and O–H groups in total. The molecular weight excluding hydrogens is 732 g/mol. The summed E-state index contributed by atoms with van der Waals surface area (Å²) >= 11 is 2.94. The minimum absolute atomic E-state index is 0. The number of nitrogens with zero attached hydrogens (tertiary/aromatic N) is 4. The van der Waals surface area contributed by atoms with E-state index in [0.29, 0.717) is 10.3 Å². The molecule has 0 aliphatic rings. The Morgan fingerprint density at radius 2 is 1.02 bits per heavy atom. The topological polar surface area (TPSA) is 263 Å². The summed E-state index contributed by atoms with van der Waals surface area (Å²) in [6.07, 6.45) is 0. The summed E-state index contributed by atoms with van der Waals surface area (Å²) < 4.78 is 12.3. The van der Waals surface area contributed by atoms with Crippen LogP contribution < -0.4 is 31.2 Å². The SMILES string of the molecule is COc1ccc2nc(N)sc2c1.COc1ccc2nc(N)sc2c1.O=C([O-])c1cccc([N+](=O)[O-])c1.O=C([O-])c1cccc([N+](=O)[O-])c1.[Cu+2]. The number of nitro groups is 2. The maximum absolute atomic E-state index is 10.2. The third-order valence-corrected chi connectivity index (χ3v) is 7.50. The van der Waals surface area contributed by atoms with Gasteiger partial charge in [0.2, 0.25) is 0 Å². The molecule has 0 aliphatic heterocycles. The van der Waals surface area contributed by atoms with E-state index in [-0.39, 0.29) is 39.6 Å². The zero-order valence-corrected chi connectivity index (χ0v) is 27.8. The second-order valence-electron chi connectivity index (χ2n) is 8.96. The Morgan fingerprint density at radius 1 is 0.653 bits per heavy atom. The van der Waals surface area contributed by atoms with Crippen molar-refractivity contribution in [2.75, 3.05) is 25.7 Å². The molecule has 2 aromatic heterocycles. The van der Waals surface area contributed by atoms with Gasteiger partial charge in [-0.1, -0.05) is 46.9 Å². The van der Waals surface area contributed by atoms with E-state index in [1.807, 2.05) is 36.4 Å². The third-order valence-electron chi connectivity index (χ3n) is 5.81. The zero-order chi connectivity index (χ0) is 35.4. The smallest absolute Gasteiger partial charge is 0.545 e. The number of aromatic nitrogens is 2. The molecule has 257 valence electrons. The Kier molecular flexibility index (Phi) is 14.8. The molecule has 0 bridgehead atoms. The Hall–Kier alpha value is -5.88. The zero-order valence-electron chi connectivity index (χ0n) is 25.2. The van der Waals surface area contributed by atoms with Crippen molar-refractivity contribution in [3.8, 4) is 11.5 Å². The second kappa shape index (κ2) is 18.5. The minimum atomic E-state index is -1.42. The van der Waals surface area contributed by atoms with Crippen molar-refractivity contribution in [3.05, 3.63) is 116 Å². The molecule has 0 fully saturated rings. The molecule has 0 unspecified atom stereocenters. The molecule has 0 saturated heterocycles. The molecule has 0 spiro atoms. The van der Waals surface area contributed by atoms with Crippen LogP contribution in [0.2, 0.25) is 0 Å². The molecule has 6 aromatic rings. The van der Waals surface area contributed by atoms with Gasteiger partial charge in [-0.2, -0.15) is 0 Å². The number of hydrogen-bond donors (Lipinski definition) is 2. The molecule has 49 heavy (non-hydrogen) atoms. The molecule has 16 nitrogen and oxygen atoms in total. The monoisotopic (exact) mass is 755 g/mol. The molecule has 0 saturated carbocycles. The standard InChI is InChI=1S/2C8H8N2OS.2C7H5NO4.Cu/c2*1-11-5-2-3-6-7(4-5)12-8(9)10-6;2*9-7(10)5-2-1-3-6(4-5)8(11)12;/h2*2-4H,1H3,(H2,9,10);2*1-4H,(H,9,10);/q;;;;+2/p-2. The number of fused-ring (bicyclic) bond motifs is 2. The van der Waals surface area contributed by atoms with Gasteiger partial charge in [0.25, 0.3) is 11.4 Å². The van der Waals surface area contributed by atoms with Crippen LogP contribution in [0, 0.1) is 20.2 Å². The number of ether oxygens (including phenoxy) is 2. The first-order chi connectivity index (χ1) is 22.8. The molecule has 6 rings (SSSR count). The summed E-state index contributed by atoms with van der Waals surface area (Å²) in [4.78, 5) is 47.8. The number of carbonyl (C=O) groups is 2. The van der Waals surface area contributed by atoms with Crippen molar-refractivity contribution in [1.82, 2.24) is 9.97 Å². The number of benzene rings is 4. The number of methoxy groups -OCH3 is 2. The van der Waals surface area contributed by atoms with Gasteiger partial charge in [0.15, 0.2) is 10.3 Å². The Bertz CT molecular complexity index is 1880. The van der Waals surface area contributed by atoms with E-state index in [1.165, 1.54) is 59.1 Å². The van der Waals surface area contributed by atoms with Crippen molar-refractivity contribution < 1.29 is 56.2 Å². The van der Waals surface area contributed by atoms with Crippen LogP contribution >= 0.6 is 22.7 Å². The van der Waals surface area contributed by atoms with Gasteiger partial charge in [0, 0.05) is 35.4 Å². The van der Waals surface area contributed by atoms with Gasteiger partial charge in [-0.05, 0) is 36.4 Å². The number of aromatic carboxylic acids is 2. The van der Waals surface area contributed by atoms with E-state index >= 15 is 0 Å². The predicted molar refractivity (Wildman–Crippen MR) is 176 cm³/mol. The average molecular weight is 756 g/mol. The summed E-state index contributed by atoms with van der Waals surface area (Å²) in [6, 6.07) is 20.8. The first kappa shape index (κ1) is 39.3. The Labute approximate surface area is 295 Å². The summed E-state index contributed by atoms with van der Waals surface area (Å²) in [6.45, 7) is 0. The number of carbonyl (C=O) groups excluding carboxylic acids is 2. The first-order valence-corrected chi connectivity index (χ1v) is 14.8. The van der Waals surface area contributed by atoms with E-state index in [2.05, 4.69) is 9.97 Å². The molecule has 0 atom stereocenters. The van der Waals surface area contributed by atoms with Crippen molar-refractivity contribution in [2.24, 2.45) is 0 Å². The van der Waals surface area contributed by atoms with Crippen molar-refractivity contribution >= 4 is 76.7 Å². The number of rotatable bonds is 6. The fourth-order valence-corrected chi connectivity index (χ4v) is 5.12. The Morgan fingerprint density at radius 3 is 1.33 bits per heavy atom. The number of hydrogen-bond acceptors (Lipinski definition) is 16. The fraction of sp³-hybridized carbons (Fsp3) is 0.0667. The van der Waals surface area contributed by atoms with Crippen LogP contribution in [0.5, 0.6) is 11.5 Å². The average Bonchev–Trinajstić information content (AvgIpc) is 3.64. The van der Waals surface area contributed by atoms with Crippen LogP contribution in [0.25, 0.3) is 20.4 Å². The van der Waals surface area contributed by atoms with Crippen molar-refractivity contribution in [3.63, 3.8) is 0 Å². The number of nitro benzene ring substituents is 2.